The molecule has 0 radical (unpaired) electrons. The van der Waals surface area contributed by atoms with Crippen molar-refractivity contribution in [1.82, 2.24) is 14.5 Å². The van der Waals surface area contributed by atoms with Gasteiger partial charge in [0.05, 0.1) is 11.7 Å². The quantitative estimate of drug-likeness (QED) is 0.801. The molecule has 1 saturated carbocycles. The summed E-state index contributed by atoms with van der Waals surface area (Å²) >= 11 is 0. The molecule has 1 atom stereocenters. The Morgan fingerprint density at radius 1 is 1.13 bits per heavy atom. The summed E-state index contributed by atoms with van der Waals surface area (Å²) in [6.45, 7) is 4.98. The van der Waals surface area contributed by atoms with Crippen molar-refractivity contribution >= 4 is 15.9 Å². The Balaban J connectivity index is 1.45. The zero-order valence-corrected chi connectivity index (χ0v) is 14.9. The SMILES string of the molecule is CCS(=O)(=O)N1CCCC(C(=O)NC2CC(N3CCCC3)C2)C1. The van der Waals surface area contributed by atoms with Crippen molar-refractivity contribution in [2.24, 2.45) is 5.92 Å². The van der Waals surface area contributed by atoms with E-state index in [1.54, 1.807) is 6.92 Å². The van der Waals surface area contributed by atoms with Gasteiger partial charge in [-0.3, -0.25) is 4.79 Å². The molecule has 1 aliphatic carbocycles. The standard InChI is InChI=1S/C16H29N3O3S/c1-2-23(21,22)19-9-5-6-13(12-19)16(20)17-14-10-15(11-14)18-7-3-4-8-18/h13-15H,2-12H2,1H3,(H,17,20). The number of nitrogens with one attached hydrogen (secondary N) is 1. The first-order chi connectivity index (χ1) is 11.0. The van der Waals surface area contributed by atoms with Crippen LogP contribution in [0.5, 0.6) is 0 Å². The van der Waals surface area contributed by atoms with Crippen LogP contribution in [0.1, 0.15) is 45.4 Å². The molecule has 3 aliphatic rings. The van der Waals surface area contributed by atoms with E-state index in [4.69, 9.17) is 0 Å². The highest BCUT2D eigenvalue weighted by Gasteiger charge is 2.37. The number of hydrogen-bond acceptors (Lipinski definition) is 4. The molecular formula is C16H29N3O3S. The molecule has 1 amide bonds. The molecule has 3 fully saturated rings. The predicted molar refractivity (Wildman–Crippen MR) is 89.5 cm³/mol. The van der Waals surface area contributed by atoms with Gasteiger partial charge in [0.2, 0.25) is 15.9 Å². The van der Waals surface area contributed by atoms with Gasteiger partial charge in [0.1, 0.15) is 0 Å². The summed E-state index contributed by atoms with van der Waals surface area (Å²) in [6.07, 6.45) is 6.28. The molecule has 6 nitrogen and oxygen atoms in total. The lowest BCUT2D eigenvalue weighted by molar-refractivity contribution is -0.127. The van der Waals surface area contributed by atoms with Gasteiger partial charge in [0, 0.05) is 25.2 Å². The largest absolute Gasteiger partial charge is 0.353 e. The summed E-state index contributed by atoms with van der Waals surface area (Å²) in [7, 11) is -3.18. The summed E-state index contributed by atoms with van der Waals surface area (Å²) in [5, 5.41) is 3.14. The Bertz CT molecular complexity index is 525. The fourth-order valence-electron chi connectivity index (χ4n) is 4.02. The van der Waals surface area contributed by atoms with E-state index in [-0.39, 0.29) is 23.6 Å². The van der Waals surface area contributed by atoms with E-state index in [0.717, 1.165) is 25.7 Å². The number of sulfonamides is 1. The Morgan fingerprint density at radius 3 is 2.48 bits per heavy atom. The third kappa shape index (κ3) is 3.88. The minimum absolute atomic E-state index is 0.0471. The van der Waals surface area contributed by atoms with Crippen LogP contribution in [0.3, 0.4) is 0 Å². The molecule has 0 aromatic rings. The number of amides is 1. The van der Waals surface area contributed by atoms with E-state index in [1.165, 1.54) is 30.2 Å². The molecular weight excluding hydrogens is 314 g/mol. The number of likely N-dealkylation sites (tertiary alicyclic amines) is 1. The number of hydrogen-bond donors (Lipinski definition) is 1. The van der Waals surface area contributed by atoms with Gasteiger partial charge in [-0.25, -0.2) is 12.7 Å². The van der Waals surface area contributed by atoms with Crippen molar-refractivity contribution in [3.63, 3.8) is 0 Å². The molecule has 7 heteroatoms. The molecule has 3 rings (SSSR count). The predicted octanol–water partition coefficient (Wildman–Crippen LogP) is 0.791. The fourth-order valence-corrected chi connectivity index (χ4v) is 5.20. The van der Waals surface area contributed by atoms with Crippen molar-refractivity contribution in [2.45, 2.75) is 57.5 Å². The first-order valence-corrected chi connectivity index (χ1v) is 10.6. The van der Waals surface area contributed by atoms with Gasteiger partial charge >= 0.3 is 0 Å². The summed E-state index contributed by atoms with van der Waals surface area (Å²) in [5.41, 5.74) is 0. The number of piperidine rings is 1. The number of carbonyl (C=O) groups excluding carboxylic acids is 1. The summed E-state index contributed by atoms with van der Waals surface area (Å²) in [6, 6.07) is 0.928. The van der Waals surface area contributed by atoms with E-state index >= 15 is 0 Å². The first kappa shape index (κ1) is 17.2. The molecule has 0 aromatic heterocycles. The van der Waals surface area contributed by atoms with Crippen molar-refractivity contribution < 1.29 is 13.2 Å². The van der Waals surface area contributed by atoms with Crippen molar-refractivity contribution in [3.8, 4) is 0 Å². The highest BCUT2D eigenvalue weighted by molar-refractivity contribution is 7.89. The van der Waals surface area contributed by atoms with Crippen LogP contribution in [0.25, 0.3) is 0 Å². The third-order valence-corrected chi connectivity index (χ3v) is 7.48. The van der Waals surface area contributed by atoms with Gasteiger partial charge in [-0.15, -0.1) is 0 Å². The molecule has 0 spiro atoms. The van der Waals surface area contributed by atoms with Crippen LogP contribution < -0.4 is 5.32 Å². The average molecular weight is 343 g/mol. The second kappa shape index (κ2) is 7.07. The molecule has 2 saturated heterocycles. The summed E-state index contributed by atoms with van der Waals surface area (Å²) in [4.78, 5) is 15.0. The van der Waals surface area contributed by atoms with Crippen LogP contribution >= 0.6 is 0 Å². The van der Waals surface area contributed by atoms with E-state index < -0.39 is 10.0 Å². The van der Waals surface area contributed by atoms with E-state index in [1.807, 2.05) is 0 Å². The Labute approximate surface area is 139 Å². The van der Waals surface area contributed by atoms with Crippen molar-refractivity contribution in [3.05, 3.63) is 0 Å². The van der Waals surface area contributed by atoms with Crippen LogP contribution in [0.2, 0.25) is 0 Å². The van der Waals surface area contributed by atoms with Gasteiger partial charge in [0.25, 0.3) is 0 Å². The van der Waals surface area contributed by atoms with Crippen molar-refractivity contribution in [2.75, 3.05) is 31.9 Å². The van der Waals surface area contributed by atoms with Crippen molar-refractivity contribution in [1.29, 1.82) is 0 Å². The second-order valence-corrected chi connectivity index (χ2v) is 9.43. The molecule has 1 N–H and O–H groups in total. The van der Waals surface area contributed by atoms with Gasteiger partial charge < -0.3 is 10.2 Å². The Hall–Kier alpha value is -0.660. The Kier molecular flexibility index (Phi) is 5.28. The number of carbonyl (C=O) groups is 1. The maximum absolute atomic E-state index is 12.4. The number of nitrogens with zero attached hydrogens (tertiary/aromatic N) is 2. The molecule has 2 aliphatic heterocycles. The molecule has 132 valence electrons. The highest BCUT2D eigenvalue weighted by atomic mass is 32.2. The maximum Gasteiger partial charge on any atom is 0.224 e. The van der Waals surface area contributed by atoms with Crippen LogP contribution in [-0.2, 0) is 14.8 Å². The highest BCUT2D eigenvalue weighted by Crippen LogP contribution is 2.29. The van der Waals surface area contributed by atoms with Gasteiger partial charge in [0.15, 0.2) is 0 Å². The van der Waals surface area contributed by atoms with Crippen LogP contribution in [-0.4, -0.2) is 67.5 Å². The minimum atomic E-state index is -3.18. The Morgan fingerprint density at radius 2 is 1.83 bits per heavy atom. The topological polar surface area (TPSA) is 69.7 Å². The first-order valence-electron chi connectivity index (χ1n) is 9.02. The number of rotatable bonds is 5. The zero-order valence-electron chi connectivity index (χ0n) is 14.0. The van der Waals surface area contributed by atoms with E-state index in [0.29, 0.717) is 19.1 Å². The lowest BCUT2D eigenvalue weighted by Gasteiger charge is -2.42. The van der Waals surface area contributed by atoms with E-state index in [9.17, 15) is 13.2 Å². The lowest BCUT2D eigenvalue weighted by Crippen LogP contribution is -2.55. The van der Waals surface area contributed by atoms with Gasteiger partial charge in [-0.2, -0.15) is 0 Å². The average Bonchev–Trinajstić information content (AvgIpc) is 3.04. The molecule has 1 unspecified atom stereocenters. The fraction of sp³-hybridized carbons (Fsp3) is 0.938. The smallest absolute Gasteiger partial charge is 0.224 e. The van der Waals surface area contributed by atoms with Gasteiger partial charge in [-0.05, 0) is 58.5 Å². The third-order valence-electron chi connectivity index (χ3n) is 5.63. The van der Waals surface area contributed by atoms with Crippen LogP contribution in [0.4, 0.5) is 0 Å². The second-order valence-electron chi connectivity index (χ2n) is 7.17. The lowest BCUT2D eigenvalue weighted by atomic mass is 9.85. The minimum Gasteiger partial charge on any atom is -0.353 e. The molecule has 2 heterocycles. The zero-order chi connectivity index (χ0) is 16.4. The van der Waals surface area contributed by atoms with Gasteiger partial charge in [-0.1, -0.05) is 0 Å². The van der Waals surface area contributed by atoms with Crippen LogP contribution in [0, 0.1) is 5.92 Å². The summed E-state index contributed by atoms with van der Waals surface area (Å²) in [5.74, 6) is -0.0247. The molecule has 23 heavy (non-hydrogen) atoms. The maximum atomic E-state index is 12.4. The summed E-state index contributed by atoms with van der Waals surface area (Å²) < 4.78 is 25.5. The normalized spacial score (nSPS) is 33.3. The van der Waals surface area contributed by atoms with Crippen LogP contribution in [0.15, 0.2) is 0 Å². The monoisotopic (exact) mass is 343 g/mol. The molecule has 0 aromatic carbocycles. The van der Waals surface area contributed by atoms with E-state index in [2.05, 4.69) is 10.2 Å². The molecule has 0 bridgehead atoms.